The van der Waals surface area contributed by atoms with E-state index in [0.29, 0.717) is 31.1 Å². The largest absolute Gasteiger partial charge is 0.478 e. The van der Waals surface area contributed by atoms with Gasteiger partial charge >= 0.3 is 5.97 Å². The number of nitrogens with one attached hydrogen (secondary N) is 1. The second kappa shape index (κ2) is 9.22. The van der Waals surface area contributed by atoms with Gasteiger partial charge in [-0.2, -0.15) is 0 Å². The lowest BCUT2D eigenvalue weighted by atomic mass is 9.99. The van der Waals surface area contributed by atoms with Gasteiger partial charge in [-0.3, -0.25) is 4.79 Å². The highest BCUT2D eigenvalue weighted by Gasteiger charge is 2.26. The minimum atomic E-state index is -0.971. The van der Waals surface area contributed by atoms with Crippen LogP contribution in [0.4, 0.5) is 0 Å². The van der Waals surface area contributed by atoms with Gasteiger partial charge in [0.1, 0.15) is 0 Å². The SMILES string of the molecule is CC(NC(=O)c1c(Cc2cccc(Cl)c2)sc2c1CCOC2)c1ccc(C(=O)O)cc1. The Morgan fingerprint density at radius 1 is 1.23 bits per heavy atom. The first-order valence-electron chi connectivity index (χ1n) is 10.0. The van der Waals surface area contributed by atoms with Crippen molar-refractivity contribution in [1.29, 1.82) is 0 Å². The highest BCUT2D eigenvalue weighted by molar-refractivity contribution is 7.12. The minimum Gasteiger partial charge on any atom is -0.478 e. The molecule has 1 aromatic heterocycles. The predicted octanol–water partition coefficient (Wildman–Crippen LogP) is 5.25. The summed E-state index contributed by atoms with van der Waals surface area (Å²) < 4.78 is 5.60. The number of carbonyl (C=O) groups is 2. The van der Waals surface area contributed by atoms with Crippen molar-refractivity contribution in [2.24, 2.45) is 0 Å². The first-order valence-corrected chi connectivity index (χ1v) is 11.2. The van der Waals surface area contributed by atoms with Gasteiger partial charge in [0.15, 0.2) is 0 Å². The Balaban J connectivity index is 1.60. The van der Waals surface area contributed by atoms with Crippen molar-refractivity contribution < 1.29 is 19.4 Å². The van der Waals surface area contributed by atoms with Gasteiger partial charge in [-0.15, -0.1) is 11.3 Å². The second-order valence-corrected chi connectivity index (χ2v) is 9.16. The number of hydrogen-bond donors (Lipinski definition) is 2. The molecular weight excluding hydrogens is 434 g/mol. The third-order valence-electron chi connectivity index (χ3n) is 5.38. The molecule has 0 aliphatic carbocycles. The molecule has 1 unspecified atom stereocenters. The zero-order valence-electron chi connectivity index (χ0n) is 17.0. The van der Waals surface area contributed by atoms with Crippen molar-refractivity contribution in [1.82, 2.24) is 5.32 Å². The third kappa shape index (κ3) is 4.82. The lowest BCUT2D eigenvalue weighted by Gasteiger charge is -2.17. The number of hydrogen-bond acceptors (Lipinski definition) is 4. The van der Waals surface area contributed by atoms with E-state index in [1.807, 2.05) is 31.2 Å². The Hall–Kier alpha value is -2.67. The van der Waals surface area contributed by atoms with Crippen molar-refractivity contribution in [2.75, 3.05) is 6.61 Å². The van der Waals surface area contributed by atoms with Crippen LogP contribution in [0.25, 0.3) is 0 Å². The maximum absolute atomic E-state index is 13.3. The van der Waals surface area contributed by atoms with Gasteiger partial charge < -0.3 is 15.2 Å². The van der Waals surface area contributed by atoms with E-state index in [4.69, 9.17) is 21.4 Å². The summed E-state index contributed by atoms with van der Waals surface area (Å²) >= 11 is 7.77. The molecule has 0 fully saturated rings. The summed E-state index contributed by atoms with van der Waals surface area (Å²) in [5, 5.41) is 12.8. The molecule has 2 aromatic carbocycles. The fourth-order valence-corrected chi connectivity index (χ4v) is 5.31. The molecule has 31 heavy (non-hydrogen) atoms. The van der Waals surface area contributed by atoms with Crippen LogP contribution in [0.5, 0.6) is 0 Å². The highest BCUT2D eigenvalue weighted by Crippen LogP contribution is 2.34. The molecule has 0 saturated heterocycles. The number of fused-ring (bicyclic) bond motifs is 1. The molecule has 2 N–H and O–H groups in total. The zero-order chi connectivity index (χ0) is 22.0. The molecule has 0 radical (unpaired) electrons. The summed E-state index contributed by atoms with van der Waals surface area (Å²) in [7, 11) is 0. The van der Waals surface area contributed by atoms with Crippen LogP contribution in [0.2, 0.25) is 5.02 Å². The summed E-state index contributed by atoms with van der Waals surface area (Å²) in [6, 6.07) is 14.0. The maximum Gasteiger partial charge on any atom is 0.335 e. The third-order valence-corrected chi connectivity index (χ3v) is 6.82. The van der Waals surface area contributed by atoms with Crippen LogP contribution in [-0.4, -0.2) is 23.6 Å². The van der Waals surface area contributed by atoms with Crippen LogP contribution >= 0.6 is 22.9 Å². The Morgan fingerprint density at radius 2 is 2.00 bits per heavy atom. The van der Waals surface area contributed by atoms with Gasteiger partial charge in [0.25, 0.3) is 5.91 Å². The van der Waals surface area contributed by atoms with E-state index in [1.54, 1.807) is 35.6 Å². The first-order chi connectivity index (χ1) is 14.9. The van der Waals surface area contributed by atoms with E-state index in [2.05, 4.69) is 5.32 Å². The number of aromatic carboxylic acids is 1. The fourth-order valence-electron chi connectivity index (χ4n) is 3.78. The Kier molecular flexibility index (Phi) is 6.41. The molecule has 0 saturated carbocycles. The summed E-state index contributed by atoms with van der Waals surface area (Å²) in [5.41, 5.74) is 3.93. The van der Waals surface area contributed by atoms with Crippen molar-refractivity contribution in [3.8, 4) is 0 Å². The lowest BCUT2D eigenvalue weighted by Crippen LogP contribution is -2.28. The number of benzene rings is 2. The van der Waals surface area contributed by atoms with E-state index in [-0.39, 0.29) is 17.5 Å². The first kappa shape index (κ1) is 21.6. The van der Waals surface area contributed by atoms with Gasteiger partial charge in [-0.05, 0) is 54.3 Å². The van der Waals surface area contributed by atoms with Crippen LogP contribution in [0.15, 0.2) is 48.5 Å². The highest BCUT2D eigenvalue weighted by atomic mass is 35.5. The Labute approximate surface area is 189 Å². The van der Waals surface area contributed by atoms with Gasteiger partial charge in [0.2, 0.25) is 0 Å². The molecule has 0 spiro atoms. The van der Waals surface area contributed by atoms with E-state index in [0.717, 1.165) is 32.0 Å². The van der Waals surface area contributed by atoms with Crippen LogP contribution in [0.3, 0.4) is 0 Å². The molecule has 160 valence electrons. The predicted molar refractivity (Wildman–Crippen MR) is 121 cm³/mol. The monoisotopic (exact) mass is 455 g/mol. The molecule has 2 heterocycles. The number of rotatable bonds is 6. The van der Waals surface area contributed by atoms with E-state index >= 15 is 0 Å². The Bertz CT molecular complexity index is 1120. The summed E-state index contributed by atoms with van der Waals surface area (Å²) in [6.07, 6.45) is 1.34. The fraction of sp³-hybridized carbons (Fsp3) is 0.250. The lowest BCUT2D eigenvalue weighted by molar-refractivity contribution is 0.0696. The molecule has 1 atom stereocenters. The van der Waals surface area contributed by atoms with Crippen molar-refractivity contribution in [3.05, 3.63) is 91.1 Å². The second-order valence-electron chi connectivity index (χ2n) is 7.53. The number of carbonyl (C=O) groups excluding carboxylic acids is 1. The average molecular weight is 456 g/mol. The van der Waals surface area contributed by atoms with E-state index < -0.39 is 5.97 Å². The smallest absolute Gasteiger partial charge is 0.335 e. The van der Waals surface area contributed by atoms with Crippen LogP contribution < -0.4 is 5.32 Å². The number of ether oxygens (including phenoxy) is 1. The van der Waals surface area contributed by atoms with E-state index in [9.17, 15) is 9.59 Å². The summed E-state index contributed by atoms with van der Waals surface area (Å²) in [5.74, 6) is -1.09. The Morgan fingerprint density at radius 3 is 2.71 bits per heavy atom. The number of carboxylic acid groups (broad SMARTS) is 1. The molecule has 1 amide bonds. The molecule has 0 bridgehead atoms. The van der Waals surface area contributed by atoms with Crippen LogP contribution in [0, 0.1) is 0 Å². The summed E-state index contributed by atoms with van der Waals surface area (Å²) in [4.78, 5) is 26.5. The molecule has 5 nitrogen and oxygen atoms in total. The number of halogens is 1. The van der Waals surface area contributed by atoms with Crippen LogP contribution in [0.1, 0.15) is 60.1 Å². The molecule has 1 aliphatic rings. The molecule has 4 rings (SSSR count). The average Bonchev–Trinajstić information content (AvgIpc) is 3.11. The molecule has 3 aromatic rings. The van der Waals surface area contributed by atoms with Gasteiger partial charge in [0.05, 0.1) is 30.4 Å². The maximum atomic E-state index is 13.3. The van der Waals surface area contributed by atoms with Crippen molar-refractivity contribution >= 4 is 34.8 Å². The molecule has 7 heteroatoms. The number of carboxylic acids is 1. The van der Waals surface area contributed by atoms with Gasteiger partial charge in [-0.1, -0.05) is 35.9 Å². The summed E-state index contributed by atoms with van der Waals surface area (Å²) in [6.45, 7) is 3.03. The van der Waals surface area contributed by atoms with Crippen molar-refractivity contribution in [3.63, 3.8) is 0 Å². The quantitative estimate of drug-likeness (QED) is 0.532. The number of amides is 1. The van der Waals surface area contributed by atoms with E-state index in [1.165, 1.54) is 0 Å². The minimum absolute atomic E-state index is 0.119. The number of thiophene rings is 1. The van der Waals surface area contributed by atoms with Crippen LogP contribution in [-0.2, 0) is 24.2 Å². The molecular formula is C24H22ClNO4S. The van der Waals surface area contributed by atoms with Gasteiger partial charge in [-0.25, -0.2) is 4.79 Å². The molecule has 1 aliphatic heterocycles. The standard InChI is InChI=1S/C24H22ClNO4S/c1-14(16-5-7-17(8-6-16)24(28)29)26-23(27)22-19-9-10-30-13-21(19)31-20(22)12-15-3-2-4-18(25)11-15/h2-8,11,14H,9-10,12-13H2,1H3,(H,26,27)(H,28,29). The zero-order valence-corrected chi connectivity index (χ0v) is 18.6. The topological polar surface area (TPSA) is 75.6 Å². The van der Waals surface area contributed by atoms with Gasteiger partial charge in [0, 0.05) is 21.2 Å². The van der Waals surface area contributed by atoms with Crippen molar-refractivity contribution in [2.45, 2.75) is 32.4 Å². The normalized spacial score (nSPS) is 14.0.